The minimum absolute atomic E-state index is 0.0172. The summed E-state index contributed by atoms with van der Waals surface area (Å²) in [5.74, 6) is -0.222. The average Bonchev–Trinajstić information content (AvgIpc) is 3.19. The molecule has 1 aliphatic heterocycles. The Morgan fingerprint density at radius 3 is 2.81 bits per heavy atom. The summed E-state index contributed by atoms with van der Waals surface area (Å²) in [6.07, 6.45) is 6.27. The first-order valence-corrected chi connectivity index (χ1v) is 11.7. The lowest BCUT2D eigenvalue weighted by molar-refractivity contribution is -0.124. The van der Waals surface area contributed by atoms with Crippen LogP contribution in [0.4, 0.5) is 0 Å². The highest BCUT2D eigenvalue weighted by atomic mass is 32.1. The molecule has 1 aliphatic rings. The molecule has 1 saturated heterocycles. The number of carbonyl (C=O) groups is 2. The van der Waals surface area contributed by atoms with E-state index in [1.54, 1.807) is 17.5 Å². The van der Waals surface area contributed by atoms with Crippen molar-refractivity contribution in [3.05, 3.63) is 76.2 Å². The standard InChI is InChI=1S/C25H27N3O2S/c1-2-4-23-14-22(17-31-23)25(30)28-12-11-27-24(29)21(16-28)13-18-6-8-19(9-7-18)20-5-3-10-26-15-20/h3,5-10,14-15,17,21H,2,4,11-13,16H2,1H3,(H,27,29)/t21-/m0/s1. The Kier molecular flexibility index (Phi) is 6.77. The molecule has 1 atom stereocenters. The van der Waals surface area contributed by atoms with Crippen LogP contribution in [-0.2, 0) is 17.6 Å². The van der Waals surface area contributed by atoms with Crippen LogP contribution in [0.1, 0.15) is 34.1 Å². The first kappa shape index (κ1) is 21.2. The van der Waals surface area contributed by atoms with Crippen LogP contribution < -0.4 is 5.32 Å². The molecule has 0 aliphatic carbocycles. The fraction of sp³-hybridized carbons (Fsp3) is 0.320. The molecular weight excluding hydrogens is 406 g/mol. The highest BCUT2D eigenvalue weighted by Gasteiger charge is 2.28. The lowest BCUT2D eigenvalue weighted by Crippen LogP contribution is -2.37. The van der Waals surface area contributed by atoms with Crippen molar-refractivity contribution in [2.45, 2.75) is 26.2 Å². The Balaban J connectivity index is 1.45. The van der Waals surface area contributed by atoms with E-state index < -0.39 is 0 Å². The van der Waals surface area contributed by atoms with Crippen LogP contribution in [0.15, 0.2) is 60.2 Å². The van der Waals surface area contributed by atoms with Crippen molar-refractivity contribution in [3.63, 3.8) is 0 Å². The van der Waals surface area contributed by atoms with E-state index in [0.717, 1.165) is 35.1 Å². The zero-order valence-corrected chi connectivity index (χ0v) is 18.5. The molecule has 2 aromatic heterocycles. The molecule has 4 rings (SSSR count). The Morgan fingerprint density at radius 1 is 1.23 bits per heavy atom. The number of hydrogen-bond donors (Lipinski definition) is 1. The van der Waals surface area contributed by atoms with Gasteiger partial charge >= 0.3 is 0 Å². The summed E-state index contributed by atoms with van der Waals surface area (Å²) in [6, 6.07) is 14.2. The first-order chi connectivity index (χ1) is 15.1. The normalized spacial score (nSPS) is 16.6. The molecular formula is C25H27N3O2S. The molecule has 3 aromatic rings. The Morgan fingerprint density at radius 2 is 2.06 bits per heavy atom. The fourth-order valence-electron chi connectivity index (χ4n) is 3.94. The maximum Gasteiger partial charge on any atom is 0.254 e. The number of pyridine rings is 1. The second-order valence-electron chi connectivity index (χ2n) is 7.93. The summed E-state index contributed by atoms with van der Waals surface area (Å²) in [7, 11) is 0. The monoisotopic (exact) mass is 433 g/mol. The number of hydrogen-bond acceptors (Lipinski definition) is 4. The number of thiophene rings is 1. The van der Waals surface area contributed by atoms with Crippen LogP contribution in [-0.4, -0.2) is 41.3 Å². The molecule has 5 nitrogen and oxygen atoms in total. The van der Waals surface area contributed by atoms with Gasteiger partial charge in [0.1, 0.15) is 0 Å². The SMILES string of the molecule is CCCc1cc(C(=O)N2CCNC(=O)[C@@H](Cc3ccc(-c4cccnc4)cc3)C2)cs1. The number of aromatic nitrogens is 1. The van der Waals surface area contributed by atoms with E-state index in [-0.39, 0.29) is 17.7 Å². The number of amides is 2. The third kappa shape index (κ3) is 5.20. The van der Waals surface area contributed by atoms with Crippen LogP contribution in [0.3, 0.4) is 0 Å². The van der Waals surface area contributed by atoms with Crippen molar-refractivity contribution in [3.8, 4) is 11.1 Å². The van der Waals surface area contributed by atoms with E-state index in [4.69, 9.17) is 0 Å². The van der Waals surface area contributed by atoms with Crippen molar-refractivity contribution in [1.82, 2.24) is 15.2 Å². The van der Waals surface area contributed by atoms with Gasteiger partial charge in [-0.15, -0.1) is 11.3 Å². The van der Waals surface area contributed by atoms with E-state index in [9.17, 15) is 9.59 Å². The van der Waals surface area contributed by atoms with Crippen molar-refractivity contribution in [2.75, 3.05) is 19.6 Å². The summed E-state index contributed by atoms with van der Waals surface area (Å²) < 4.78 is 0. The van der Waals surface area contributed by atoms with Crippen LogP contribution in [0.5, 0.6) is 0 Å². The molecule has 0 saturated carbocycles. The maximum absolute atomic E-state index is 13.1. The number of nitrogens with one attached hydrogen (secondary N) is 1. The molecule has 1 N–H and O–H groups in total. The van der Waals surface area contributed by atoms with Crippen LogP contribution in [0, 0.1) is 5.92 Å². The predicted molar refractivity (Wildman–Crippen MR) is 124 cm³/mol. The molecule has 31 heavy (non-hydrogen) atoms. The minimum atomic E-state index is -0.260. The van der Waals surface area contributed by atoms with Crippen molar-refractivity contribution in [2.24, 2.45) is 5.92 Å². The molecule has 3 heterocycles. The fourth-order valence-corrected chi connectivity index (χ4v) is 4.91. The smallest absolute Gasteiger partial charge is 0.254 e. The third-order valence-electron chi connectivity index (χ3n) is 5.61. The van der Waals surface area contributed by atoms with Gasteiger partial charge in [-0.1, -0.05) is 43.7 Å². The van der Waals surface area contributed by atoms with Gasteiger partial charge < -0.3 is 10.2 Å². The zero-order chi connectivity index (χ0) is 21.6. The van der Waals surface area contributed by atoms with Crippen molar-refractivity contribution < 1.29 is 9.59 Å². The van der Waals surface area contributed by atoms with E-state index in [1.165, 1.54) is 4.88 Å². The summed E-state index contributed by atoms with van der Waals surface area (Å²) >= 11 is 1.64. The third-order valence-corrected chi connectivity index (χ3v) is 6.60. The van der Waals surface area contributed by atoms with Crippen LogP contribution in [0.2, 0.25) is 0 Å². The van der Waals surface area contributed by atoms with Gasteiger partial charge in [-0.05, 0) is 41.7 Å². The quantitative estimate of drug-likeness (QED) is 0.634. The summed E-state index contributed by atoms with van der Waals surface area (Å²) in [6.45, 7) is 3.61. The first-order valence-electron chi connectivity index (χ1n) is 10.8. The minimum Gasteiger partial charge on any atom is -0.354 e. The Hall–Kier alpha value is -2.99. The van der Waals surface area contributed by atoms with E-state index >= 15 is 0 Å². The Labute approximate surface area is 187 Å². The number of carbonyl (C=O) groups excluding carboxylic acids is 2. The van der Waals surface area contributed by atoms with Crippen LogP contribution in [0.25, 0.3) is 11.1 Å². The van der Waals surface area contributed by atoms with Crippen LogP contribution >= 0.6 is 11.3 Å². The van der Waals surface area contributed by atoms with Crippen molar-refractivity contribution >= 4 is 23.2 Å². The largest absolute Gasteiger partial charge is 0.354 e. The number of rotatable bonds is 6. The summed E-state index contributed by atoms with van der Waals surface area (Å²) in [5.41, 5.74) is 3.99. The molecule has 160 valence electrons. The molecule has 0 bridgehead atoms. The van der Waals surface area contributed by atoms with Gasteiger partial charge in [0.05, 0.1) is 11.5 Å². The second kappa shape index (κ2) is 9.88. The highest BCUT2D eigenvalue weighted by molar-refractivity contribution is 7.10. The topological polar surface area (TPSA) is 62.3 Å². The van der Waals surface area contributed by atoms with Gasteiger partial charge in [0.25, 0.3) is 5.91 Å². The molecule has 1 aromatic carbocycles. The van der Waals surface area contributed by atoms with E-state index in [1.807, 2.05) is 34.7 Å². The van der Waals surface area contributed by atoms with Gasteiger partial charge in [0, 0.05) is 42.3 Å². The molecule has 0 unspecified atom stereocenters. The number of benzene rings is 1. The van der Waals surface area contributed by atoms with E-state index in [2.05, 4.69) is 41.5 Å². The average molecular weight is 434 g/mol. The second-order valence-corrected chi connectivity index (χ2v) is 8.93. The predicted octanol–water partition coefficient (Wildman–Crippen LogP) is 4.19. The highest BCUT2D eigenvalue weighted by Crippen LogP contribution is 2.22. The molecule has 0 spiro atoms. The lowest BCUT2D eigenvalue weighted by atomic mass is 9.96. The van der Waals surface area contributed by atoms with Crippen molar-refractivity contribution in [1.29, 1.82) is 0 Å². The molecule has 6 heteroatoms. The number of nitrogens with zero attached hydrogens (tertiary/aromatic N) is 2. The molecule has 2 amide bonds. The van der Waals surface area contributed by atoms with Gasteiger partial charge in [-0.3, -0.25) is 14.6 Å². The van der Waals surface area contributed by atoms with Gasteiger partial charge in [0.15, 0.2) is 0 Å². The van der Waals surface area contributed by atoms with Gasteiger partial charge in [0.2, 0.25) is 5.91 Å². The summed E-state index contributed by atoms with van der Waals surface area (Å²) in [5, 5.41) is 4.92. The van der Waals surface area contributed by atoms with Gasteiger partial charge in [-0.25, -0.2) is 0 Å². The zero-order valence-electron chi connectivity index (χ0n) is 17.7. The maximum atomic E-state index is 13.1. The molecule has 0 radical (unpaired) electrons. The van der Waals surface area contributed by atoms with Gasteiger partial charge in [-0.2, -0.15) is 0 Å². The Bertz CT molecular complexity index is 1030. The lowest BCUT2D eigenvalue weighted by Gasteiger charge is -2.23. The molecule has 1 fully saturated rings. The number of aryl methyl sites for hydroxylation is 1. The summed E-state index contributed by atoms with van der Waals surface area (Å²) in [4.78, 5) is 32.9. The van der Waals surface area contributed by atoms with E-state index in [0.29, 0.717) is 26.1 Å².